The molecular weight excluding hydrogens is 392 g/mol. The predicted molar refractivity (Wildman–Crippen MR) is 121 cm³/mol. The lowest BCUT2D eigenvalue weighted by atomic mass is 10.1. The highest BCUT2D eigenvalue weighted by Crippen LogP contribution is 2.27. The van der Waals surface area contributed by atoms with Crippen molar-refractivity contribution in [3.05, 3.63) is 23.9 Å². The average molecular weight is 429 g/mol. The minimum absolute atomic E-state index is 0.0623. The second kappa shape index (κ2) is 10.3. The molecule has 0 bridgehead atoms. The quantitative estimate of drug-likeness (QED) is 0.774. The molecule has 1 aromatic rings. The Balaban J connectivity index is 1.19. The molecule has 1 aliphatic carbocycles. The fraction of sp³-hybridized carbons (Fsp3) is 0.696. The molecule has 170 valence electrons. The second-order valence-corrected chi connectivity index (χ2v) is 8.90. The number of piperazine rings is 2. The number of anilines is 1. The number of carbonyl (C=O) groups is 2. The van der Waals surface area contributed by atoms with E-state index >= 15 is 0 Å². The van der Waals surface area contributed by atoms with Crippen molar-refractivity contribution in [3.63, 3.8) is 0 Å². The largest absolute Gasteiger partial charge is 0.354 e. The number of aromatic nitrogens is 1. The number of hydrogen-bond acceptors (Lipinski definition) is 5. The van der Waals surface area contributed by atoms with E-state index in [0.29, 0.717) is 38.6 Å². The van der Waals surface area contributed by atoms with Crippen molar-refractivity contribution in [1.82, 2.24) is 25.0 Å². The van der Waals surface area contributed by atoms with Gasteiger partial charge in [-0.3, -0.25) is 4.79 Å². The molecule has 1 saturated carbocycles. The fourth-order valence-electron chi connectivity index (χ4n) is 4.85. The Hall–Kier alpha value is -2.35. The van der Waals surface area contributed by atoms with Crippen LogP contribution in [0.15, 0.2) is 18.3 Å². The summed E-state index contributed by atoms with van der Waals surface area (Å²) in [6.45, 7) is 10.4. The number of amides is 3. The lowest BCUT2D eigenvalue weighted by Crippen LogP contribution is -2.53. The van der Waals surface area contributed by atoms with Crippen molar-refractivity contribution >= 4 is 17.8 Å². The standard InChI is InChI=1S/C23H36N6O2/c1-2-26-9-11-27(12-10-26)21-8-7-19(17-24-21)18-25-23(31)29-15-13-28(14-16-29)22(30)20-5-3-4-6-20/h7-8,17,20H,2-6,9-16,18H2,1H3,(H,25,31). The van der Waals surface area contributed by atoms with Crippen LogP contribution in [0.2, 0.25) is 0 Å². The first-order chi connectivity index (χ1) is 15.1. The molecule has 3 amide bonds. The molecule has 0 aromatic carbocycles. The predicted octanol–water partition coefficient (Wildman–Crippen LogP) is 1.77. The molecule has 2 saturated heterocycles. The van der Waals surface area contributed by atoms with Crippen LogP contribution in [-0.4, -0.2) is 90.5 Å². The molecule has 3 fully saturated rings. The van der Waals surface area contributed by atoms with Gasteiger partial charge in [0.05, 0.1) is 0 Å². The van der Waals surface area contributed by atoms with E-state index < -0.39 is 0 Å². The highest BCUT2D eigenvalue weighted by molar-refractivity contribution is 5.80. The SMILES string of the molecule is CCN1CCN(c2ccc(CNC(=O)N3CCN(C(=O)C4CCCC4)CC3)cn2)CC1. The Morgan fingerprint density at radius 2 is 1.65 bits per heavy atom. The molecule has 2 aliphatic heterocycles. The summed E-state index contributed by atoms with van der Waals surface area (Å²) in [6, 6.07) is 4.04. The van der Waals surface area contributed by atoms with E-state index in [9.17, 15) is 9.59 Å². The summed E-state index contributed by atoms with van der Waals surface area (Å²) in [7, 11) is 0. The van der Waals surface area contributed by atoms with Crippen LogP contribution in [0.3, 0.4) is 0 Å². The van der Waals surface area contributed by atoms with Gasteiger partial charge in [-0.05, 0) is 31.0 Å². The summed E-state index contributed by atoms with van der Waals surface area (Å²) in [4.78, 5) is 38.2. The van der Waals surface area contributed by atoms with Crippen molar-refractivity contribution in [1.29, 1.82) is 0 Å². The van der Waals surface area contributed by atoms with Crippen LogP contribution < -0.4 is 10.2 Å². The molecule has 0 radical (unpaired) electrons. The number of hydrogen-bond donors (Lipinski definition) is 1. The molecule has 3 aliphatic rings. The molecule has 8 nitrogen and oxygen atoms in total. The van der Waals surface area contributed by atoms with Gasteiger partial charge in [-0.1, -0.05) is 25.8 Å². The van der Waals surface area contributed by atoms with Crippen molar-refractivity contribution in [3.8, 4) is 0 Å². The summed E-state index contributed by atoms with van der Waals surface area (Å²) in [5.74, 6) is 1.51. The fourth-order valence-corrected chi connectivity index (χ4v) is 4.85. The highest BCUT2D eigenvalue weighted by atomic mass is 16.2. The molecule has 0 spiro atoms. The Bertz CT molecular complexity index is 733. The molecule has 31 heavy (non-hydrogen) atoms. The maximum absolute atomic E-state index is 12.6. The number of rotatable bonds is 5. The van der Waals surface area contributed by atoms with Gasteiger partial charge in [-0.15, -0.1) is 0 Å². The highest BCUT2D eigenvalue weighted by Gasteiger charge is 2.30. The number of nitrogens with zero attached hydrogens (tertiary/aromatic N) is 5. The number of urea groups is 1. The number of pyridine rings is 1. The van der Waals surface area contributed by atoms with E-state index in [-0.39, 0.29) is 11.9 Å². The summed E-state index contributed by atoms with van der Waals surface area (Å²) >= 11 is 0. The van der Waals surface area contributed by atoms with E-state index in [1.165, 1.54) is 12.8 Å². The first-order valence-electron chi connectivity index (χ1n) is 11.9. The topological polar surface area (TPSA) is 72.0 Å². The zero-order valence-electron chi connectivity index (χ0n) is 18.8. The van der Waals surface area contributed by atoms with Crippen LogP contribution in [0, 0.1) is 5.92 Å². The van der Waals surface area contributed by atoms with Crippen molar-refractivity contribution < 1.29 is 9.59 Å². The van der Waals surface area contributed by atoms with E-state index in [2.05, 4.69) is 33.1 Å². The summed E-state index contributed by atoms with van der Waals surface area (Å²) in [5, 5.41) is 3.00. The zero-order valence-corrected chi connectivity index (χ0v) is 18.8. The number of carbonyl (C=O) groups excluding carboxylic acids is 2. The molecule has 1 aromatic heterocycles. The van der Waals surface area contributed by atoms with Gasteiger partial charge >= 0.3 is 6.03 Å². The van der Waals surface area contributed by atoms with Crippen LogP contribution in [0.4, 0.5) is 10.6 Å². The Kier molecular flexibility index (Phi) is 7.27. The van der Waals surface area contributed by atoms with E-state index in [1.54, 1.807) is 0 Å². The Labute approximate surface area is 185 Å². The van der Waals surface area contributed by atoms with Gasteiger partial charge in [0.25, 0.3) is 0 Å². The van der Waals surface area contributed by atoms with Gasteiger partial charge in [-0.25, -0.2) is 9.78 Å². The molecule has 0 unspecified atom stereocenters. The number of nitrogens with one attached hydrogen (secondary N) is 1. The van der Waals surface area contributed by atoms with Crippen LogP contribution in [0.1, 0.15) is 38.2 Å². The summed E-state index contributed by atoms with van der Waals surface area (Å²) in [5.41, 5.74) is 0.999. The minimum atomic E-state index is -0.0623. The Morgan fingerprint density at radius 1 is 0.968 bits per heavy atom. The monoisotopic (exact) mass is 428 g/mol. The van der Waals surface area contributed by atoms with Gasteiger partial charge < -0.3 is 24.9 Å². The molecule has 4 rings (SSSR count). The van der Waals surface area contributed by atoms with Gasteiger partial charge in [-0.2, -0.15) is 0 Å². The van der Waals surface area contributed by atoms with Crippen LogP contribution in [0.25, 0.3) is 0 Å². The number of likely N-dealkylation sites (N-methyl/N-ethyl adjacent to an activating group) is 1. The molecule has 8 heteroatoms. The first kappa shape index (κ1) is 21.9. The smallest absolute Gasteiger partial charge is 0.317 e. The lowest BCUT2D eigenvalue weighted by Gasteiger charge is -2.36. The van der Waals surface area contributed by atoms with Crippen molar-refractivity contribution in [2.75, 3.05) is 63.8 Å². The van der Waals surface area contributed by atoms with Crippen molar-refractivity contribution in [2.45, 2.75) is 39.2 Å². The van der Waals surface area contributed by atoms with Gasteiger partial charge in [0, 0.05) is 71.0 Å². The second-order valence-electron chi connectivity index (χ2n) is 8.90. The van der Waals surface area contributed by atoms with E-state index in [1.807, 2.05) is 22.1 Å². The first-order valence-corrected chi connectivity index (χ1v) is 11.9. The van der Waals surface area contributed by atoms with Crippen LogP contribution in [-0.2, 0) is 11.3 Å². The molecule has 0 atom stereocenters. The summed E-state index contributed by atoms with van der Waals surface area (Å²) in [6.07, 6.45) is 6.26. The zero-order chi connectivity index (χ0) is 21.6. The maximum atomic E-state index is 12.6. The third-order valence-corrected chi connectivity index (χ3v) is 6.98. The van der Waals surface area contributed by atoms with Crippen molar-refractivity contribution in [2.24, 2.45) is 5.92 Å². The van der Waals surface area contributed by atoms with Crippen LogP contribution in [0.5, 0.6) is 0 Å². The average Bonchev–Trinajstić information content (AvgIpc) is 3.38. The lowest BCUT2D eigenvalue weighted by molar-refractivity contribution is -0.136. The maximum Gasteiger partial charge on any atom is 0.317 e. The third-order valence-electron chi connectivity index (χ3n) is 6.98. The van der Waals surface area contributed by atoms with Gasteiger partial charge in [0.2, 0.25) is 5.91 Å². The Morgan fingerprint density at radius 3 is 2.26 bits per heavy atom. The van der Waals surface area contributed by atoms with E-state index in [0.717, 1.165) is 56.9 Å². The minimum Gasteiger partial charge on any atom is -0.354 e. The normalized spacial score (nSPS) is 20.9. The van der Waals surface area contributed by atoms with Crippen LogP contribution >= 0.6 is 0 Å². The van der Waals surface area contributed by atoms with Gasteiger partial charge in [0.1, 0.15) is 5.82 Å². The molecule has 1 N–H and O–H groups in total. The van der Waals surface area contributed by atoms with Gasteiger partial charge in [0.15, 0.2) is 0 Å². The third kappa shape index (κ3) is 5.47. The summed E-state index contributed by atoms with van der Waals surface area (Å²) < 4.78 is 0. The molecular formula is C23H36N6O2. The van der Waals surface area contributed by atoms with E-state index in [4.69, 9.17) is 0 Å². The molecule has 3 heterocycles.